The zero-order chi connectivity index (χ0) is 23.0. The number of rotatable bonds is 4. The molecule has 0 saturated carbocycles. The van der Waals surface area contributed by atoms with Crippen LogP contribution in [0.25, 0.3) is 17.4 Å². The van der Waals surface area contributed by atoms with E-state index in [-0.39, 0.29) is 22.0 Å². The van der Waals surface area contributed by atoms with E-state index < -0.39 is 17.8 Å². The molecule has 4 rings (SSSR count). The minimum Gasteiger partial charge on any atom is -0.478 e. The molecule has 0 atom stereocenters. The summed E-state index contributed by atoms with van der Waals surface area (Å²) in [4.78, 5) is 38.5. The van der Waals surface area contributed by atoms with Gasteiger partial charge in [-0.3, -0.25) is 19.8 Å². The van der Waals surface area contributed by atoms with Crippen molar-refractivity contribution in [2.75, 3.05) is 4.90 Å². The van der Waals surface area contributed by atoms with E-state index >= 15 is 0 Å². The second kappa shape index (κ2) is 8.24. The lowest BCUT2D eigenvalue weighted by molar-refractivity contribution is -0.122. The van der Waals surface area contributed by atoms with Crippen molar-refractivity contribution >= 4 is 46.9 Å². The van der Waals surface area contributed by atoms with Gasteiger partial charge in [-0.25, -0.2) is 4.79 Å². The van der Waals surface area contributed by atoms with E-state index in [2.05, 4.69) is 5.32 Å². The highest BCUT2D eigenvalue weighted by atomic mass is 32.1. The molecule has 2 amide bonds. The summed E-state index contributed by atoms with van der Waals surface area (Å²) in [5, 5.41) is 11.9. The average Bonchev–Trinajstić information content (AvgIpc) is 3.22. The molecule has 160 valence electrons. The Labute approximate surface area is 189 Å². The molecule has 1 aliphatic rings. The van der Waals surface area contributed by atoms with Crippen LogP contribution in [0.15, 0.2) is 64.6 Å². The Kier molecular flexibility index (Phi) is 5.46. The predicted molar refractivity (Wildman–Crippen MR) is 123 cm³/mol. The first-order chi connectivity index (χ1) is 15.3. The lowest BCUT2D eigenvalue weighted by atomic mass is 10.1. The number of thiocarbonyl (C=S) groups is 1. The average molecular weight is 446 g/mol. The third-order valence-corrected chi connectivity index (χ3v) is 5.33. The van der Waals surface area contributed by atoms with Gasteiger partial charge in [0, 0.05) is 5.56 Å². The molecule has 32 heavy (non-hydrogen) atoms. The number of furan rings is 1. The fourth-order valence-electron chi connectivity index (χ4n) is 3.44. The number of hydrogen-bond acceptors (Lipinski definition) is 5. The van der Waals surface area contributed by atoms with Crippen molar-refractivity contribution in [3.05, 3.63) is 82.6 Å². The lowest BCUT2D eigenvalue weighted by Crippen LogP contribution is -2.54. The summed E-state index contributed by atoms with van der Waals surface area (Å²) in [6, 6.07) is 15.2. The first-order valence-corrected chi connectivity index (χ1v) is 10.1. The minimum absolute atomic E-state index is 0.00127. The zero-order valence-electron chi connectivity index (χ0n) is 17.2. The van der Waals surface area contributed by atoms with Crippen LogP contribution in [0.3, 0.4) is 0 Å². The first-order valence-electron chi connectivity index (χ1n) is 9.67. The fraction of sp³-hybridized carbons (Fsp3) is 0.0833. The summed E-state index contributed by atoms with van der Waals surface area (Å²) in [5.74, 6) is -1.76. The number of nitrogens with one attached hydrogen (secondary N) is 1. The maximum absolute atomic E-state index is 13.2. The Morgan fingerprint density at radius 3 is 2.59 bits per heavy atom. The number of carbonyl (C=O) groups is 3. The maximum Gasteiger partial charge on any atom is 0.336 e. The molecule has 2 N–H and O–H groups in total. The molecular weight excluding hydrogens is 428 g/mol. The van der Waals surface area contributed by atoms with Crippen LogP contribution in [0.2, 0.25) is 0 Å². The van der Waals surface area contributed by atoms with Crippen molar-refractivity contribution < 1.29 is 23.9 Å². The van der Waals surface area contributed by atoms with Gasteiger partial charge < -0.3 is 9.52 Å². The predicted octanol–water partition coefficient (Wildman–Crippen LogP) is 4.09. The number of carboxylic acid groups (broad SMARTS) is 1. The highest BCUT2D eigenvalue weighted by molar-refractivity contribution is 7.80. The van der Waals surface area contributed by atoms with Gasteiger partial charge in [-0.05, 0) is 67.5 Å². The van der Waals surface area contributed by atoms with Crippen molar-refractivity contribution in [3.63, 3.8) is 0 Å². The van der Waals surface area contributed by atoms with Gasteiger partial charge in [-0.15, -0.1) is 0 Å². The van der Waals surface area contributed by atoms with Gasteiger partial charge in [0.1, 0.15) is 17.1 Å². The third-order valence-electron chi connectivity index (χ3n) is 5.04. The topological polar surface area (TPSA) is 99.8 Å². The van der Waals surface area contributed by atoms with E-state index in [1.165, 1.54) is 17.0 Å². The summed E-state index contributed by atoms with van der Waals surface area (Å²) in [7, 11) is 0. The number of nitrogens with zero attached hydrogens (tertiary/aromatic N) is 1. The Bertz CT molecular complexity index is 1320. The van der Waals surface area contributed by atoms with E-state index in [4.69, 9.17) is 16.6 Å². The van der Waals surface area contributed by atoms with Crippen LogP contribution in [-0.2, 0) is 9.59 Å². The SMILES string of the molecule is Cc1ccc(C)c(N2C(=O)C(=Cc3ccc(-c4ccccc4C(=O)O)o3)C(=O)NC2=S)c1. The van der Waals surface area contributed by atoms with Gasteiger partial charge in [0.2, 0.25) is 0 Å². The number of anilines is 1. The molecule has 0 radical (unpaired) electrons. The van der Waals surface area contributed by atoms with Crippen molar-refractivity contribution in [1.82, 2.24) is 5.32 Å². The largest absolute Gasteiger partial charge is 0.478 e. The number of aryl methyl sites for hydroxylation is 2. The number of benzene rings is 2. The zero-order valence-corrected chi connectivity index (χ0v) is 18.0. The molecule has 2 heterocycles. The van der Waals surface area contributed by atoms with Crippen molar-refractivity contribution in [2.24, 2.45) is 0 Å². The monoisotopic (exact) mass is 446 g/mol. The van der Waals surface area contributed by atoms with E-state index in [1.54, 1.807) is 30.3 Å². The molecule has 0 aliphatic carbocycles. The lowest BCUT2D eigenvalue weighted by Gasteiger charge is -2.30. The minimum atomic E-state index is -1.09. The summed E-state index contributed by atoms with van der Waals surface area (Å²) < 4.78 is 5.75. The molecule has 1 fully saturated rings. The molecule has 1 aliphatic heterocycles. The molecule has 0 unspecified atom stereocenters. The number of amides is 2. The van der Waals surface area contributed by atoms with Crippen molar-refractivity contribution in [3.8, 4) is 11.3 Å². The molecule has 3 aromatic rings. The van der Waals surface area contributed by atoms with Crippen LogP contribution in [0, 0.1) is 13.8 Å². The molecule has 8 heteroatoms. The smallest absolute Gasteiger partial charge is 0.336 e. The van der Waals surface area contributed by atoms with Crippen LogP contribution in [-0.4, -0.2) is 28.0 Å². The van der Waals surface area contributed by atoms with Gasteiger partial charge >= 0.3 is 5.97 Å². The summed E-state index contributed by atoms with van der Waals surface area (Å²) in [6.07, 6.45) is 1.32. The number of hydrogen-bond donors (Lipinski definition) is 2. The normalized spacial score (nSPS) is 15.2. The first kappa shape index (κ1) is 21.2. The Morgan fingerprint density at radius 1 is 1.09 bits per heavy atom. The molecular formula is C24H18N2O5S. The molecule has 1 saturated heterocycles. The second-order valence-electron chi connectivity index (χ2n) is 7.30. The second-order valence-corrected chi connectivity index (χ2v) is 7.69. The molecule has 1 aromatic heterocycles. The Hall–Kier alpha value is -4.04. The highest BCUT2D eigenvalue weighted by Crippen LogP contribution is 2.29. The van der Waals surface area contributed by atoms with Gasteiger partial charge in [-0.1, -0.05) is 30.3 Å². The molecule has 2 aromatic carbocycles. The fourth-order valence-corrected chi connectivity index (χ4v) is 3.71. The van der Waals surface area contributed by atoms with Gasteiger partial charge in [-0.2, -0.15) is 0 Å². The summed E-state index contributed by atoms with van der Waals surface area (Å²) in [5.41, 5.74) is 2.68. The number of aromatic carboxylic acids is 1. The number of carboxylic acids is 1. The highest BCUT2D eigenvalue weighted by Gasteiger charge is 2.35. The van der Waals surface area contributed by atoms with Crippen LogP contribution in [0.4, 0.5) is 5.69 Å². The van der Waals surface area contributed by atoms with Crippen LogP contribution >= 0.6 is 12.2 Å². The van der Waals surface area contributed by atoms with E-state index in [9.17, 15) is 19.5 Å². The van der Waals surface area contributed by atoms with E-state index in [0.717, 1.165) is 11.1 Å². The quantitative estimate of drug-likeness (QED) is 0.356. The van der Waals surface area contributed by atoms with Crippen LogP contribution in [0.5, 0.6) is 0 Å². The van der Waals surface area contributed by atoms with Crippen LogP contribution in [0.1, 0.15) is 27.2 Å². The van der Waals surface area contributed by atoms with Crippen molar-refractivity contribution in [1.29, 1.82) is 0 Å². The number of carbonyl (C=O) groups excluding carboxylic acids is 2. The standard InChI is InChI=1S/C24H18N2O5S/c1-13-7-8-14(2)19(11-13)26-22(28)18(21(27)25-24(26)32)12-15-9-10-20(31-15)16-5-3-4-6-17(16)23(29)30/h3-12H,1-2H3,(H,29,30)(H,25,27,32). The molecule has 0 bridgehead atoms. The summed E-state index contributed by atoms with van der Waals surface area (Å²) in [6.45, 7) is 3.75. The van der Waals surface area contributed by atoms with E-state index in [0.29, 0.717) is 17.0 Å². The Balaban J connectivity index is 1.72. The maximum atomic E-state index is 13.2. The molecule has 7 nitrogen and oxygen atoms in total. The Morgan fingerprint density at radius 2 is 1.84 bits per heavy atom. The van der Waals surface area contributed by atoms with Gasteiger partial charge in [0.25, 0.3) is 11.8 Å². The molecule has 0 spiro atoms. The van der Waals surface area contributed by atoms with Crippen molar-refractivity contribution in [2.45, 2.75) is 13.8 Å². The summed E-state index contributed by atoms with van der Waals surface area (Å²) >= 11 is 5.26. The van der Waals surface area contributed by atoms with Crippen LogP contribution < -0.4 is 10.2 Å². The van der Waals surface area contributed by atoms with Gasteiger partial charge in [0.15, 0.2) is 5.11 Å². The van der Waals surface area contributed by atoms with Gasteiger partial charge in [0.05, 0.1) is 11.3 Å². The third kappa shape index (κ3) is 3.83. The van der Waals surface area contributed by atoms with E-state index in [1.807, 2.05) is 32.0 Å².